The summed E-state index contributed by atoms with van der Waals surface area (Å²) in [6, 6.07) is -1.26. The van der Waals surface area contributed by atoms with E-state index in [1.54, 1.807) is 4.90 Å². The Labute approximate surface area is 114 Å². The van der Waals surface area contributed by atoms with Crippen molar-refractivity contribution in [1.29, 1.82) is 0 Å². The molecule has 3 amide bonds. The first-order valence-corrected chi connectivity index (χ1v) is 6.89. The summed E-state index contributed by atoms with van der Waals surface area (Å²) in [5, 5.41) is 12.2. The van der Waals surface area contributed by atoms with E-state index >= 15 is 0 Å². The largest absolute Gasteiger partial charge is 0.393 e. The predicted molar refractivity (Wildman–Crippen MR) is 72.3 cm³/mol. The lowest BCUT2D eigenvalue weighted by Crippen LogP contribution is -2.56. The zero-order valence-corrected chi connectivity index (χ0v) is 11.9. The first kappa shape index (κ1) is 15.8. The zero-order chi connectivity index (χ0) is 14.6. The molecule has 1 rings (SSSR count). The van der Waals surface area contributed by atoms with E-state index in [1.165, 1.54) is 0 Å². The van der Waals surface area contributed by atoms with Crippen molar-refractivity contribution >= 4 is 11.9 Å². The molecule has 4 unspecified atom stereocenters. The molecule has 4 atom stereocenters. The van der Waals surface area contributed by atoms with Gasteiger partial charge in [0, 0.05) is 13.1 Å². The normalized spacial score (nSPS) is 26.6. The zero-order valence-electron chi connectivity index (χ0n) is 11.9. The van der Waals surface area contributed by atoms with Crippen molar-refractivity contribution in [3.8, 4) is 0 Å². The lowest BCUT2D eigenvalue weighted by atomic mass is 9.93. The van der Waals surface area contributed by atoms with Gasteiger partial charge in [0.15, 0.2) is 0 Å². The van der Waals surface area contributed by atoms with E-state index in [4.69, 9.17) is 5.73 Å². The van der Waals surface area contributed by atoms with Gasteiger partial charge < -0.3 is 21.1 Å². The number of piperidine rings is 1. The molecule has 1 fully saturated rings. The number of hydrogen-bond donors (Lipinski definition) is 3. The third-order valence-corrected chi connectivity index (χ3v) is 3.95. The maximum atomic E-state index is 12.5. The summed E-state index contributed by atoms with van der Waals surface area (Å²) >= 11 is 0. The van der Waals surface area contributed by atoms with Gasteiger partial charge >= 0.3 is 6.03 Å². The average molecular weight is 271 g/mol. The molecule has 1 aliphatic rings. The highest BCUT2D eigenvalue weighted by atomic mass is 16.3. The second-order valence-electron chi connectivity index (χ2n) is 5.49. The molecule has 0 spiro atoms. The van der Waals surface area contributed by atoms with Gasteiger partial charge in [-0.1, -0.05) is 27.2 Å². The number of carbonyl (C=O) groups excluding carboxylic acids is 2. The monoisotopic (exact) mass is 271 g/mol. The van der Waals surface area contributed by atoms with Crippen LogP contribution in [0.1, 0.15) is 33.6 Å². The van der Waals surface area contributed by atoms with Crippen LogP contribution in [0.25, 0.3) is 0 Å². The van der Waals surface area contributed by atoms with E-state index in [9.17, 15) is 14.7 Å². The summed E-state index contributed by atoms with van der Waals surface area (Å²) in [5.74, 6) is -0.0158. The van der Waals surface area contributed by atoms with Crippen molar-refractivity contribution in [3.63, 3.8) is 0 Å². The summed E-state index contributed by atoms with van der Waals surface area (Å²) in [6.07, 6.45) is 1.01. The van der Waals surface area contributed by atoms with Gasteiger partial charge in [-0.15, -0.1) is 0 Å². The van der Waals surface area contributed by atoms with Crippen LogP contribution in [0.5, 0.6) is 0 Å². The Morgan fingerprint density at radius 2 is 2.16 bits per heavy atom. The fourth-order valence-corrected chi connectivity index (χ4v) is 2.37. The fourth-order valence-electron chi connectivity index (χ4n) is 2.37. The number of urea groups is 1. The number of nitrogens with two attached hydrogens (primary N) is 1. The Balaban J connectivity index is 2.73. The number of hydrogen-bond acceptors (Lipinski definition) is 3. The van der Waals surface area contributed by atoms with Crippen molar-refractivity contribution in [2.24, 2.45) is 17.6 Å². The topological polar surface area (TPSA) is 95.7 Å². The van der Waals surface area contributed by atoms with E-state index < -0.39 is 12.1 Å². The lowest BCUT2D eigenvalue weighted by molar-refractivity contribution is -0.138. The predicted octanol–water partition coefficient (Wildman–Crippen LogP) is 0.299. The van der Waals surface area contributed by atoms with Crippen LogP contribution in [0.3, 0.4) is 0 Å². The van der Waals surface area contributed by atoms with Crippen LogP contribution >= 0.6 is 0 Å². The summed E-state index contributed by atoms with van der Waals surface area (Å²) in [7, 11) is 0. The van der Waals surface area contributed by atoms with E-state index in [-0.39, 0.29) is 23.8 Å². The number of nitrogens with one attached hydrogen (secondary N) is 1. The van der Waals surface area contributed by atoms with Crippen molar-refractivity contribution in [2.75, 3.05) is 13.1 Å². The number of aliphatic hydroxyl groups excluding tert-OH is 1. The molecule has 1 aliphatic heterocycles. The number of nitrogens with zero attached hydrogens (tertiary/aromatic N) is 1. The highest BCUT2D eigenvalue weighted by Gasteiger charge is 2.33. The molecule has 0 bridgehead atoms. The van der Waals surface area contributed by atoms with Gasteiger partial charge in [-0.25, -0.2) is 4.79 Å². The molecule has 0 aromatic carbocycles. The van der Waals surface area contributed by atoms with Crippen molar-refractivity contribution < 1.29 is 14.7 Å². The van der Waals surface area contributed by atoms with Gasteiger partial charge in [-0.2, -0.15) is 0 Å². The third-order valence-electron chi connectivity index (χ3n) is 3.95. The second-order valence-corrected chi connectivity index (χ2v) is 5.49. The van der Waals surface area contributed by atoms with Crippen LogP contribution in [0.15, 0.2) is 0 Å². The van der Waals surface area contributed by atoms with Crippen LogP contribution in [0, 0.1) is 11.8 Å². The maximum absolute atomic E-state index is 12.5. The molecule has 19 heavy (non-hydrogen) atoms. The van der Waals surface area contributed by atoms with E-state index in [1.807, 2.05) is 20.8 Å². The fraction of sp³-hybridized carbons (Fsp3) is 0.846. The highest BCUT2D eigenvalue weighted by Crippen LogP contribution is 2.19. The van der Waals surface area contributed by atoms with Gasteiger partial charge in [-0.05, 0) is 18.3 Å². The van der Waals surface area contributed by atoms with Gasteiger partial charge in [0.05, 0.1) is 6.10 Å². The number of amides is 3. The molecule has 0 aromatic heterocycles. The molecule has 0 aliphatic carbocycles. The molecule has 0 aromatic rings. The molecule has 110 valence electrons. The Morgan fingerprint density at radius 3 is 2.63 bits per heavy atom. The molecule has 1 heterocycles. The number of aliphatic hydroxyl groups is 1. The molecule has 6 heteroatoms. The molecule has 0 saturated carbocycles. The molecule has 1 saturated heterocycles. The summed E-state index contributed by atoms with van der Waals surface area (Å²) < 4.78 is 0. The second kappa shape index (κ2) is 6.75. The minimum atomic E-state index is -0.677. The lowest BCUT2D eigenvalue weighted by Gasteiger charge is -2.37. The van der Waals surface area contributed by atoms with Crippen LogP contribution in [-0.4, -0.2) is 47.2 Å². The van der Waals surface area contributed by atoms with Crippen LogP contribution in [0.4, 0.5) is 4.79 Å². The summed E-state index contributed by atoms with van der Waals surface area (Å²) in [5.41, 5.74) is 5.14. The molecule has 6 nitrogen and oxygen atoms in total. The van der Waals surface area contributed by atoms with Crippen molar-refractivity contribution in [1.82, 2.24) is 10.2 Å². The minimum absolute atomic E-state index is 0.0298. The smallest absolute Gasteiger partial charge is 0.312 e. The standard InChI is InChI=1S/C13H25N3O3/c1-4-8(2)11(15-13(14)19)12(18)16-6-5-10(17)9(3)7-16/h8-11,17H,4-7H2,1-3H3,(H3,14,15,19). The van der Waals surface area contributed by atoms with Gasteiger partial charge in [0.25, 0.3) is 0 Å². The van der Waals surface area contributed by atoms with Crippen LogP contribution in [-0.2, 0) is 4.79 Å². The van der Waals surface area contributed by atoms with Crippen LogP contribution < -0.4 is 11.1 Å². The first-order valence-electron chi connectivity index (χ1n) is 6.89. The Bertz CT molecular complexity index is 335. The van der Waals surface area contributed by atoms with Gasteiger partial charge in [-0.3, -0.25) is 4.79 Å². The highest BCUT2D eigenvalue weighted by molar-refractivity contribution is 5.87. The van der Waals surface area contributed by atoms with Crippen LogP contribution in [0.2, 0.25) is 0 Å². The molecular weight excluding hydrogens is 246 g/mol. The minimum Gasteiger partial charge on any atom is -0.393 e. The number of rotatable bonds is 4. The van der Waals surface area contributed by atoms with Gasteiger partial charge in [0.1, 0.15) is 6.04 Å². The van der Waals surface area contributed by atoms with E-state index in [2.05, 4.69) is 5.32 Å². The average Bonchev–Trinajstić information content (AvgIpc) is 2.37. The quantitative estimate of drug-likeness (QED) is 0.686. The number of carbonyl (C=O) groups is 2. The Morgan fingerprint density at radius 1 is 1.53 bits per heavy atom. The van der Waals surface area contributed by atoms with E-state index in [0.717, 1.165) is 6.42 Å². The maximum Gasteiger partial charge on any atom is 0.312 e. The summed E-state index contributed by atoms with van der Waals surface area (Å²) in [4.78, 5) is 25.2. The SMILES string of the molecule is CCC(C)C(NC(N)=O)C(=O)N1CCC(O)C(C)C1. The summed E-state index contributed by atoms with van der Waals surface area (Å²) in [6.45, 7) is 6.85. The molecule has 0 radical (unpaired) electrons. The third kappa shape index (κ3) is 4.09. The van der Waals surface area contributed by atoms with Crippen molar-refractivity contribution in [2.45, 2.75) is 45.8 Å². The molecular formula is C13H25N3O3. The number of primary amides is 1. The van der Waals surface area contributed by atoms with Gasteiger partial charge in [0.2, 0.25) is 5.91 Å². The Hall–Kier alpha value is -1.30. The van der Waals surface area contributed by atoms with E-state index in [0.29, 0.717) is 19.5 Å². The first-order chi connectivity index (χ1) is 8.86. The van der Waals surface area contributed by atoms with Crippen molar-refractivity contribution in [3.05, 3.63) is 0 Å². The number of likely N-dealkylation sites (tertiary alicyclic amines) is 1. The Kier molecular flexibility index (Phi) is 5.60. The molecule has 4 N–H and O–H groups in total.